The summed E-state index contributed by atoms with van der Waals surface area (Å²) in [4.78, 5) is 0. The van der Waals surface area contributed by atoms with Crippen molar-refractivity contribution in [2.75, 3.05) is 7.11 Å². The highest BCUT2D eigenvalue weighted by atomic mass is 19.1. The van der Waals surface area contributed by atoms with Gasteiger partial charge in [0.15, 0.2) is 0 Å². The minimum Gasteiger partial charge on any atom is -0.496 e. The Kier molecular flexibility index (Phi) is 3.58. The number of rotatable bonds is 3. The quantitative estimate of drug-likeness (QED) is 0.907. The second-order valence-corrected chi connectivity index (χ2v) is 3.85. The number of nitrogens with two attached hydrogens (primary N) is 1. The van der Waals surface area contributed by atoms with E-state index in [0.717, 1.165) is 0 Å². The van der Waals surface area contributed by atoms with Crippen LogP contribution in [0.5, 0.6) is 5.75 Å². The second kappa shape index (κ2) is 5.14. The fraction of sp³-hybridized carbons (Fsp3) is 0.143. The molecule has 2 nitrogen and oxygen atoms in total. The highest BCUT2D eigenvalue weighted by Crippen LogP contribution is 2.33. The third-order valence-electron chi connectivity index (χ3n) is 2.74. The molecule has 0 aliphatic heterocycles. The average molecular weight is 249 g/mol. The van der Waals surface area contributed by atoms with E-state index in [1.807, 2.05) is 0 Å². The van der Waals surface area contributed by atoms with Gasteiger partial charge in [-0.15, -0.1) is 0 Å². The number of hydrogen-bond acceptors (Lipinski definition) is 2. The largest absolute Gasteiger partial charge is 0.496 e. The zero-order chi connectivity index (χ0) is 13.1. The fourth-order valence-corrected chi connectivity index (χ4v) is 1.88. The molecule has 0 heterocycles. The molecule has 2 N–H and O–H groups in total. The molecule has 0 aliphatic carbocycles. The van der Waals surface area contributed by atoms with Gasteiger partial charge in [0, 0.05) is 12.1 Å². The van der Waals surface area contributed by atoms with Crippen LogP contribution in [0, 0.1) is 11.6 Å². The number of halogens is 2. The SMILES string of the molecule is COc1ccc(F)cc1-c1ccc(F)cc1CN. The minimum atomic E-state index is -0.377. The van der Waals surface area contributed by atoms with Crippen molar-refractivity contribution >= 4 is 0 Å². The van der Waals surface area contributed by atoms with Crippen LogP contribution in [0.2, 0.25) is 0 Å². The summed E-state index contributed by atoms with van der Waals surface area (Å²) in [5.41, 5.74) is 7.44. The molecule has 94 valence electrons. The molecule has 2 rings (SSSR count). The maximum absolute atomic E-state index is 13.3. The van der Waals surface area contributed by atoms with Crippen LogP contribution in [0.25, 0.3) is 11.1 Å². The molecule has 0 saturated heterocycles. The Balaban J connectivity index is 2.64. The van der Waals surface area contributed by atoms with Gasteiger partial charge >= 0.3 is 0 Å². The number of ether oxygens (including phenoxy) is 1. The maximum atomic E-state index is 13.3. The van der Waals surface area contributed by atoms with E-state index in [1.165, 1.54) is 37.4 Å². The Bertz CT molecular complexity index is 570. The Labute approximate surface area is 104 Å². The Hall–Kier alpha value is -1.94. The topological polar surface area (TPSA) is 35.2 Å². The lowest BCUT2D eigenvalue weighted by Gasteiger charge is -2.12. The molecule has 0 aliphatic rings. The van der Waals surface area contributed by atoms with E-state index in [4.69, 9.17) is 10.5 Å². The van der Waals surface area contributed by atoms with Crippen molar-refractivity contribution in [1.29, 1.82) is 0 Å². The lowest BCUT2D eigenvalue weighted by Crippen LogP contribution is -2.01. The molecule has 0 aromatic heterocycles. The van der Waals surface area contributed by atoms with Crippen molar-refractivity contribution in [2.24, 2.45) is 5.73 Å². The van der Waals surface area contributed by atoms with Crippen molar-refractivity contribution in [3.05, 3.63) is 53.6 Å². The van der Waals surface area contributed by atoms with E-state index < -0.39 is 0 Å². The summed E-state index contributed by atoms with van der Waals surface area (Å²) in [6.45, 7) is 0.173. The standard InChI is InChI=1S/C14H13F2NO/c1-18-14-5-3-11(16)7-13(14)12-4-2-10(15)6-9(12)8-17/h2-7H,8,17H2,1H3. The summed E-state index contributed by atoms with van der Waals surface area (Å²) in [6, 6.07) is 8.45. The molecule has 0 spiro atoms. The molecule has 0 atom stereocenters. The highest BCUT2D eigenvalue weighted by molar-refractivity contribution is 5.73. The molecular formula is C14H13F2NO. The van der Waals surface area contributed by atoms with Crippen LogP contribution in [0.1, 0.15) is 5.56 Å². The molecule has 0 unspecified atom stereocenters. The van der Waals surface area contributed by atoms with Crippen LogP contribution in [0.3, 0.4) is 0 Å². The van der Waals surface area contributed by atoms with Gasteiger partial charge < -0.3 is 10.5 Å². The first-order valence-electron chi connectivity index (χ1n) is 5.48. The zero-order valence-corrected chi connectivity index (χ0v) is 9.91. The molecule has 2 aromatic carbocycles. The smallest absolute Gasteiger partial charge is 0.126 e. The summed E-state index contributed by atoms with van der Waals surface area (Å²) in [7, 11) is 1.50. The Morgan fingerprint density at radius 1 is 1.00 bits per heavy atom. The second-order valence-electron chi connectivity index (χ2n) is 3.85. The van der Waals surface area contributed by atoms with Crippen LogP contribution in [-0.4, -0.2) is 7.11 Å². The van der Waals surface area contributed by atoms with E-state index in [-0.39, 0.29) is 18.2 Å². The normalized spacial score (nSPS) is 10.4. The molecule has 0 fully saturated rings. The molecule has 4 heteroatoms. The summed E-state index contributed by atoms with van der Waals surface area (Å²) >= 11 is 0. The Morgan fingerprint density at radius 3 is 2.33 bits per heavy atom. The molecule has 0 amide bonds. The fourth-order valence-electron chi connectivity index (χ4n) is 1.88. The molecule has 0 bridgehead atoms. The van der Waals surface area contributed by atoms with Gasteiger partial charge in [-0.3, -0.25) is 0 Å². The summed E-state index contributed by atoms with van der Waals surface area (Å²) < 4.78 is 31.7. The summed E-state index contributed by atoms with van der Waals surface area (Å²) in [6.07, 6.45) is 0. The highest BCUT2D eigenvalue weighted by Gasteiger charge is 2.11. The van der Waals surface area contributed by atoms with Crippen molar-refractivity contribution in [1.82, 2.24) is 0 Å². The van der Waals surface area contributed by atoms with E-state index in [2.05, 4.69) is 0 Å². The third kappa shape index (κ3) is 2.33. The van der Waals surface area contributed by atoms with E-state index in [0.29, 0.717) is 22.4 Å². The molecule has 2 aromatic rings. The van der Waals surface area contributed by atoms with Crippen molar-refractivity contribution in [2.45, 2.75) is 6.54 Å². The molecular weight excluding hydrogens is 236 g/mol. The van der Waals surface area contributed by atoms with Crippen LogP contribution in [0.15, 0.2) is 36.4 Å². The summed E-state index contributed by atoms with van der Waals surface area (Å²) in [5, 5.41) is 0. The molecule has 0 radical (unpaired) electrons. The van der Waals surface area contributed by atoms with E-state index >= 15 is 0 Å². The monoisotopic (exact) mass is 249 g/mol. The average Bonchev–Trinajstić information content (AvgIpc) is 2.38. The number of benzene rings is 2. The van der Waals surface area contributed by atoms with Gasteiger partial charge in [-0.05, 0) is 41.5 Å². The number of methoxy groups -OCH3 is 1. The zero-order valence-electron chi connectivity index (χ0n) is 9.91. The maximum Gasteiger partial charge on any atom is 0.126 e. The van der Waals surface area contributed by atoms with Gasteiger partial charge in [0.25, 0.3) is 0 Å². The lowest BCUT2D eigenvalue weighted by molar-refractivity contribution is 0.415. The van der Waals surface area contributed by atoms with E-state index in [1.54, 1.807) is 6.07 Å². The van der Waals surface area contributed by atoms with E-state index in [9.17, 15) is 8.78 Å². The first-order valence-corrected chi connectivity index (χ1v) is 5.48. The van der Waals surface area contributed by atoms with Crippen molar-refractivity contribution in [3.8, 4) is 16.9 Å². The number of hydrogen-bond donors (Lipinski definition) is 1. The van der Waals surface area contributed by atoms with Crippen LogP contribution < -0.4 is 10.5 Å². The van der Waals surface area contributed by atoms with Gasteiger partial charge in [-0.1, -0.05) is 6.07 Å². The lowest BCUT2D eigenvalue weighted by atomic mass is 9.98. The van der Waals surface area contributed by atoms with Crippen LogP contribution in [-0.2, 0) is 6.54 Å². The first kappa shape index (κ1) is 12.5. The van der Waals surface area contributed by atoms with Crippen molar-refractivity contribution < 1.29 is 13.5 Å². The van der Waals surface area contributed by atoms with Gasteiger partial charge in [-0.25, -0.2) is 8.78 Å². The predicted molar refractivity (Wildman–Crippen MR) is 66.2 cm³/mol. The van der Waals surface area contributed by atoms with Crippen molar-refractivity contribution in [3.63, 3.8) is 0 Å². The molecule has 18 heavy (non-hydrogen) atoms. The minimum absolute atomic E-state index is 0.173. The van der Waals surface area contributed by atoms with Gasteiger partial charge in [-0.2, -0.15) is 0 Å². The van der Waals surface area contributed by atoms with Crippen LogP contribution >= 0.6 is 0 Å². The van der Waals surface area contributed by atoms with Gasteiger partial charge in [0.2, 0.25) is 0 Å². The summed E-state index contributed by atoms with van der Waals surface area (Å²) in [5.74, 6) is -0.217. The first-order chi connectivity index (χ1) is 8.65. The van der Waals surface area contributed by atoms with Gasteiger partial charge in [0.1, 0.15) is 17.4 Å². The van der Waals surface area contributed by atoms with Crippen LogP contribution in [0.4, 0.5) is 8.78 Å². The molecule has 0 saturated carbocycles. The Morgan fingerprint density at radius 2 is 1.67 bits per heavy atom. The van der Waals surface area contributed by atoms with Gasteiger partial charge in [0.05, 0.1) is 7.11 Å². The predicted octanol–water partition coefficient (Wildman–Crippen LogP) is 3.10. The third-order valence-corrected chi connectivity index (χ3v) is 2.74.